The first-order chi connectivity index (χ1) is 17.7. The Hall–Kier alpha value is -3.98. The van der Waals surface area contributed by atoms with Crippen LogP contribution in [0.3, 0.4) is 0 Å². The lowest BCUT2D eigenvalue weighted by Crippen LogP contribution is -2.29. The van der Waals surface area contributed by atoms with Crippen LogP contribution in [0.2, 0.25) is 0 Å². The molecule has 1 aliphatic rings. The van der Waals surface area contributed by atoms with E-state index in [2.05, 4.69) is 4.98 Å². The van der Waals surface area contributed by atoms with E-state index in [1.54, 1.807) is 39.2 Å². The molecule has 4 rings (SSSR count). The number of carbonyl (C=O) groups is 3. The van der Waals surface area contributed by atoms with E-state index >= 15 is 0 Å². The van der Waals surface area contributed by atoms with E-state index in [0.29, 0.717) is 22.6 Å². The number of aliphatic hydroxyl groups excluding tert-OH is 1. The van der Waals surface area contributed by atoms with Crippen LogP contribution in [0.4, 0.5) is 5.13 Å². The number of benzene rings is 2. The fourth-order valence-corrected chi connectivity index (χ4v) is 5.32. The molecule has 37 heavy (non-hydrogen) atoms. The van der Waals surface area contributed by atoms with Gasteiger partial charge in [-0.05, 0) is 62.1 Å². The summed E-state index contributed by atoms with van der Waals surface area (Å²) in [5.41, 5.74) is 3.21. The third kappa shape index (κ3) is 4.74. The van der Waals surface area contributed by atoms with Gasteiger partial charge in [-0.1, -0.05) is 42.5 Å². The van der Waals surface area contributed by atoms with Gasteiger partial charge in [-0.15, -0.1) is 0 Å². The molecule has 9 heteroatoms. The number of aromatic nitrogens is 1. The molecule has 1 aliphatic heterocycles. The maximum absolute atomic E-state index is 13.4. The van der Waals surface area contributed by atoms with Crippen molar-refractivity contribution < 1.29 is 29.0 Å². The van der Waals surface area contributed by atoms with Gasteiger partial charge in [0.25, 0.3) is 5.78 Å². The number of anilines is 1. The minimum Gasteiger partial charge on any atom is -0.507 e. The summed E-state index contributed by atoms with van der Waals surface area (Å²) in [6, 6.07) is 11.6. The summed E-state index contributed by atoms with van der Waals surface area (Å²) in [4.78, 5) is 45.2. The van der Waals surface area contributed by atoms with E-state index in [9.17, 15) is 19.5 Å². The molecule has 1 fully saturated rings. The number of thiazole rings is 1. The van der Waals surface area contributed by atoms with Crippen LogP contribution in [0.1, 0.15) is 57.5 Å². The summed E-state index contributed by atoms with van der Waals surface area (Å²) in [7, 11) is 1.55. The number of ketones is 1. The molecule has 8 nitrogen and oxygen atoms in total. The third-order valence-corrected chi connectivity index (χ3v) is 7.41. The normalized spacial score (nSPS) is 16.8. The van der Waals surface area contributed by atoms with Gasteiger partial charge in [0.15, 0.2) is 5.13 Å². The van der Waals surface area contributed by atoms with Gasteiger partial charge in [0, 0.05) is 5.56 Å². The second kappa shape index (κ2) is 10.6. The van der Waals surface area contributed by atoms with Crippen molar-refractivity contribution in [1.82, 2.24) is 4.98 Å². The highest BCUT2D eigenvalue weighted by molar-refractivity contribution is 7.17. The molecule has 0 spiro atoms. The third-order valence-electron chi connectivity index (χ3n) is 6.27. The molecule has 1 saturated heterocycles. The number of ether oxygens (including phenoxy) is 2. The molecular weight excluding hydrogens is 492 g/mol. The number of esters is 1. The van der Waals surface area contributed by atoms with Crippen molar-refractivity contribution in [2.45, 2.75) is 40.2 Å². The predicted molar refractivity (Wildman–Crippen MR) is 141 cm³/mol. The highest BCUT2D eigenvalue weighted by Crippen LogP contribution is 2.44. The zero-order chi connectivity index (χ0) is 26.9. The van der Waals surface area contributed by atoms with Crippen LogP contribution < -0.4 is 9.64 Å². The highest BCUT2D eigenvalue weighted by Gasteiger charge is 2.48. The van der Waals surface area contributed by atoms with Crippen molar-refractivity contribution in [2.75, 3.05) is 18.6 Å². The molecule has 0 aliphatic carbocycles. The van der Waals surface area contributed by atoms with E-state index < -0.39 is 23.7 Å². The molecule has 1 N–H and O–H groups in total. The molecule has 0 bridgehead atoms. The quantitative estimate of drug-likeness (QED) is 0.199. The number of nitrogens with zero attached hydrogens (tertiary/aromatic N) is 2. The number of amides is 1. The van der Waals surface area contributed by atoms with Crippen molar-refractivity contribution in [3.63, 3.8) is 0 Å². The number of hydrogen-bond acceptors (Lipinski definition) is 8. The lowest BCUT2D eigenvalue weighted by atomic mass is 9.94. The van der Waals surface area contributed by atoms with Gasteiger partial charge in [0.05, 0.1) is 31.0 Å². The van der Waals surface area contributed by atoms with Crippen LogP contribution in [-0.4, -0.2) is 41.5 Å². The zero-order valence-corrected chi connectivity index (χ0v) is 22.1. The summed E-state index contributed by atoms with van der Waals surface area (Å²) in [6.45, 7) is 7.40. The van der Waals surface area contributed by atoms with Crippen molar-refractivity contribution >= 4 is 39.9 Å². The molecular formula is C28H28N2O6S. The molecule has 0 radical (unpaired) electrons. The Balaban J connectivity index is 1.91. The minimum atomic E-state index is -0.936. The summed E-state index contributed by atoms with van der Waals surface area (Å²) >= 11 is 0.980. The van der Waals surface area contributed by atoms with Crippen LogP contribution in [0.5, 0.6) is 5.75 Å². The van der Waals surface area contributed by atoms with Gasteiger partial charge in [-0.3, -0.25) is 14.5 Å². The number of aryl methyl sites for hydroxylation is 3. The number of carbonyl (C=O) groups excluding carboxylic acids is 3. The first kappa shape index (κ1) is 26.1. The van der Waals surface area contributed by atoms with Crippen LogP contribution in [0.15, 0.2) is 48.0 Å². The van der Waals surface area contributed by atoms with Gasteiger partial charge in [0.2, 0.25) is 0 Å². The van der Waals surface area contributed by atoms with Crippen LogP contribution >= 0.6 is 11.3 Å². The summed E-state index contributed by atoms with van der Waals surface area (Å²) < 4.78 is 10.4. The first-order valence-electron chi connectivity index (χ1n) is 11.9. The molecule has 0 saturated carbocycles. The topological polar surface area (TPSA) is 106 Å². The molecule has 2 heterocycles. The van der Waals surface area contributed by atoms with Gasteiger partial charge < -0.3 is 14.6 Å². The van der Waals surface area contributed by atoms with E-state index in [-0.39, 0.29) is 27.9 Å². The maximum Gasteiger partial charge on any atom is 0.350 e. The lowest BCUT2D eigenvalue weighted by Gasteiger charge is -2.23. The van der Waals surface area contributed by atoms with Gasteiger partial charge in [0.1, 0.15) is 16.4 Å². The largest absolute Gasteiger partial charge is 0.507 e. The Morgan fingerprint density at radius 2 is 1.81 bits per heavy atom. The van der Waals surface area contributed by atoms with E-state index in [1.807, 2.05) is 38.1 Å². The van der Waals surface area contributed by atoms with Crippen LogP contribution in [0, 0.1) is 13.8 Å². The Labute approximate surface area is 219 Å². The molecule has 1 amide bonds. The molecule has 3 aromatic rings. The highest BCUT2D eigenvalue weighted by atomic mass is 32.1. The predicted octanol–water partition coefficient (Wildman–Crippen LogP) is 5.13. The van der Waals surface area contributed by atoms with E-state index in [0.717, 1.165) is 28.9 Å². The van der Waals surface area contributed by atoms with Crippen LogP contribution in [-0.2, 0) is 20.7 Å². The number of Topliss-reactive ketones (excluding diaryl/α,β-unsaturated/α-hetero) is 1. The first-order valence-corrected chi connectivity index (χ1v) is 12.7. The van der Waals surface area contributed by atoms with Gasteiger partial charge in [-0.2, -0.15) is 0 Å². The molecule has 0 unspecified atom stereocenters. The van der Waals surface area contributed by atoms with Crippen molar-refractivity contribution in [3.05, 3.63) is 80.9 Å². The monoisotopic (exact) mass is 520 g/mol. The SMILES string of the molecule is CCOC(=O)c1sc(N2C(=O)C(=O)C(=C(O)c3ccc(OC)c(C)c3)[C@H]2c2ccc(CC)cc2)nc1C. The molecule has 1 atom stereocenters. The molecule has 2 aromatic carbocycles. The standard InChI is InChI=1S/C28H28N2O6S/c1-6-17-8-10-18(11-9-17)22-21(23(31)19-12-13-20(35-5)15(3)14-19)24(32)26(33)30(22)28-29-16(4)25(37-28)27(34)36-7-2/h8-14,22,31H,6-7H2,1-5H3/t22-/m1/s1. The fourth-order valence-electron chi connectivity index (χ4n) is 4.33. The molecule has 1 aromatic heterocycles. The summed E-state index contributed by atoms with van der Waals surface area (Å²) in [5.74, 6) is -1.87. The van der Waals surface area contributed by atoms with Crippen molar-refractivity contribution in [2.24, 2.45) is 0 Å². The number of methoxy groups -OCH3 is 1. The smallest absolute Gasteiger partial charge is 0.350 e. The number of aliphatic hydroxyl groups is 1. The van der Waals surface area contributed by atoms with Gasteiger partial charge >= 0.3 is 11.9 Å². The average Bonchev–Trinajstić information content (AvgIpc) is 3.40. The number of hydrogen-bond donors (Lipinski definition) is 1. The maximum atomic E-state index is 13.4. The van der Waals surface area contributed by atoms with Crippen LogP contribution in [0.25, 0.3) is 5.76 Å². The van der Waals surface area contributed by atoms with Gasteiger partial charge in [-0.25, -0.2) is 9.78 Å². The Bertz CT molecular complexity index is 1410. The van der Waals surface area contributed by atoms with Crippen molar-refractivity contribution in [3.8, 4) is 5.75 Å². The van der Waals surface area contributed by atoms with E-state index in [4.69, 9.17) is 9.47 Å². The van der Waals surface area contributed by atoms with Crippen molar-refractivity contribution in [1.29, 1.82) is 0 Å². The molecule has 192 valence electrons. The zero-order valence-electron chi connectivity index (χ0n) is 21.3. The van der Waals surface area contributed by atoms with E-state index in [1.165, 1.54) is 4.90 Å². The number of rotatable bonds is 7. The summed E-state index contributed by atoms with van der Waals surface area (Å²) in [5, 5.41) is 11.5. The second-order valence-electron chi connectivity index (χ2n) is 8.58. The minimum absolute atomic E-state index is 0.0515. The summed E-state index contributed by atoms with van der Waals surface area (Å²) in [6.07, 6.45) is 0.820. The Kier molecular flexibility index (Phi) is 7.45. The lowest BCUT2D eigenvalue weighted by molar-refractivity contribution is -0.132. The average molecular weight is 521 g/mol. The second-order valence-corrected chi connectivity index (χ2v) is 9.56. The fraction of sp³-hybridized carbons (Fsp3) is 0.286. The Morgan fingerprint density at radius 1 is 1.11 bits per heavy atom. The Morgan fingerprint density at radius 3 is 2.41 bits per heavy atom.